The van der Waals surface area contributed by atoms with E-state index >= 15 is 0 Å². The number of carbonyl (C=O) groups excluding carboxylic acids is 4. The molecule has 0 saturated carbocycles. The number of aryl methyl sites for hydroxylation is 1. The van der Waals surface area contributed by atoms with Gasteiger partial charge in [-0.3, -0.25) is 28.8 Å². The van der Waals surface area contributed by atoms with E-state index in [0.717, 1.165) is 11.3 Å². The second kappa shape index (κ2) is 9.14. The predicted octanol–water partition coefficient (Wildman–Crippen LogP) is 4.06. The molecule has 0 radical (unpaired) electrons. The summed E-state index contributed by atoms with van der Waals surface area (Å²) in [6.45, 7) is 0.360. The number of amides is 3. The molecule has 0 bridgehead atoms. The quantitative estimate of drug-likeness (QED) is 0.379. The summed E-state index contributed by atoms with van der Waals surface area (Å²) in [6.07, 6.45) is 2.17. The fourth-order valence-electron chi connectivity index (χ4n) is 5.23. The molecule has 6 rings (SSSR count). The number of benzene rings is 2. The molecule has 10 heteroatoms. The van der Waals surface area contributed by atoms with E-state index in [4.69, 9.17) is 5.73 Å². The average molecular weight is 529 g/mol. The van der Waals surface area contributed by atoms with Crippen LogP contribution in [0, 0.1) is 5.82 Å². The monoisotopic (exact) mass is 528 g/mol. The van der Waals surface area contributed by atoms with Gasteiger partial charge in [-0.05, 0) is 42.3 Å². The first-order valence-electron chi connectivity index (χ1n) is 12.0. The number of imide groups is 1. The van der Waals surface area contributed by atoms with Gasteiger partial charge in [0.1, 0.15) is 5.82 Å². The van der Waals surface area contributed by atoms with Crippen molar-refractivity contribution in [3.63, 3.8) is 0 Å². The minimum atomic E-state index is -0.633. The number of primary amides is 1. The van der Waals surface area contributed by atoms with Crippen molar-refractivity contribution in [3.05, 3.63) is 98.6 Å². The first kappa shape index (κ1) is 23.9. The largest absolute Gasteiger partial charge is 0.365 e. The highest BCUT2D eigenvalue weighted by Crippen LogP contribution is 2.40. The molecule has 0 fully saturated rings. The summed E-state index contributed by atoms with van der Waals surface area (Å²) in [6, 6.07) is 14.4. The predicted molar refractivity (Wildman–Crippen MR) is 138 cm³/mol. The van der Waals surface area contributed by atoms with Gasteiger partial charge >= 0.3 is 0 Å². The van der Waals surface area contributed by atoms with Crippen LogP contribution in [-0.2, 0) is 13.0 Å². The molecule has 190 valence electrons. The molecule has 8 nitrogen and oxygen atoms in total. The Morgan fingerprint density at radius 1 is 1.03 bits per heavy atom. The topological polar surface area (TPSA) is 115 Å². The molecular weight excluding hydrogens is 507 g/mol. The minimum absolute atomic E-state index is 0.0254. The standard InChI is InChI=1S/C28H21FN4O4S/c29-17-5-3-4-15(11-17)10-16(14-32-27(36)18-6-1-2-7-19(18)28(32)37)21-13-31-33-9-8-22(34)25-20(24(21)33)12-23(38-25)26(30)35/h1-7,11-13,16H,8-10,14H2,(H2,30,35)/t16-/m1/s1. The van der Waals surface area contributed by atoms with Crippen LogP contribution in [-0.4, -0.2) is 44.7 Å². The SMILES string of the molecule is NC(=O)c1cc2c(s1)C(=O)CCn1ncc([C@H](Cc3cccc(F)c3)CN3C(=O)c4ccccc4C3=O)c1-2. The highest BCUT2D eigenvalue weighted by Gasteiger charge is 2.38. The van der Waals surface area contributed by atoms with Crippen LogP contribution in [0.5, 0.6) is 0 Å². The van der Waals surface area contributed by atoms with Crippen LogP contribution in [0.1, 0.15) is 63.5 Å². The molecule has 3 amide bonds. The second-order valence-electron chi connectivity index (χ2n) is 9.36. The van der Waals surface area contributed by atoms with E-state index in [9.17, 15) is 23.6 Å². The molecule has 1 atom stereocenters. The number of rotatable bonds is 6. The molecule has 4 heterocycles. The summed E-state index contributed by atoms with van der Waals surface area (Å²) in [5, 5.41) is 4.53. The van der Waals surface area contributed by atoms with E-state index in [1.165, 1.54) is 17.0 Å². The Bertz CT molecular complexity index is 1620. The maximum atomic E-state index is 14.1. The molecule has 2 aromatic carbocycles. The van der Waals surface area contributed by atoms with Crippen molar-refractivity contribution in [3.8, 4) is 11.3 Å². The smallest absolute Gasteiger partial charge is 0.261 e. The number of aromatic nitrogens is 2. The lowest BCUT2D eigenvalue weighted by molar-refractivity contribution is 0.0643. The summed E-state index contributed by atoms with van der Waals surface area (Å²) in [5.74, 6) is -2.40. The highest BCUT2D eigenvalue weighted by molar-refractivity contribution is 7.16. The maximum Gasteiger partial charge on any atom is 0.261 e. The lowest BCUT2D eigenvalue weighted by Crippen LogP contribution is -2.34. The third-order valence-corrected chi connectivity index (χ3v) is 8.18. The van der Waals surface area contributed by atoms with Crippen LogP contribution in [0.15, 0.2) is 60.8 Å². The normalized spacial score (nSPS) is 15.2. The molecular formula is C28H21FN4O4S. The minimum Gasteiger partial charge on any atom is -0.365 e. The van der Waals surface area contributed by atoms with Gasteiger partial charge in [-0.1, -0.05) is 24.3 Å². The fraction of sp³-hybridized carbons (Fsp3) is 0.179. The van der Waals surface area contributed by atoms with E-state index in [1.807, 2.05) is 0 Å². The molecule has 0 saturated heterocycles. The van der Waals surface area contributed by atoms with Gasteiger partial charge in [-0.15, -0.1) is 11.3 Å². The zero-order chi connectivity index (χ0) is 26.6. The molecule has 2 aromatic heterocycles. The fourth-order valence-corrected chi connectivity index (χ4v) is 6.20. The van der Waals surface area contributed by atoms with Crippen LogP contribution >= 0.6 is 11.3 Å². The Morgan fingerprint density at radius 2 is 1.76 bits per heavy atom. The highest BCUT2D eigenvalue weighted by atomic mass is 32.1. The summed E-state index contributed by atoms with van der Waals surface area (Å²) in [4.78, 5) is 53.1. The zero-order valence-corrected chi connectivity index (χ0v) is 20.8. The van der Waals surface area contributed by atoms with Crippen LogP contribution in [0.25, 0.3) is 11.3 Å². The maximum absolute atomic E-state index is 14.1. The molecule has 38 heavy (non-hydrogen) atoms. The van der Waals surface area contributed by atoms with Gasteiger partial charge < -0.3 is 5.73 Å². The van der Waals surface area contributed by atoms with Gasteiger partial charge in [-0.2, -0.15) is 5.10 Å². The number of nitrogens with two attached hydrogens (primary N) is 1. The number of hydrogen-bond acceptors (Lipinski definition) is 6. The van der Waals surface area contributed by atoms with Gasteiger partial charge in [0.25, 0.3) is 17.7 Å². The van der Waals surface area contributed by atoms with Gasteiger partial charge in [0, 0.05) is 36.6 Å². The third kappa shape index (κ3) is 3.93. The van der Waals surface area contributed by atoms with E-state index in [-0.39, 0.29) is 23.6 Å². The Balaban J connectivity index is 1.46. The lowest BCUT2D eigenvalue weighted by Gasteiger charge is -2.23. The van der Waals surface area contributed by atoms with Gasteiger partial charge in [0.2, 0.25) is 0 Å². The summed E-state index contributed by atoms with van der Waals surface area (Å²) >= 11 is 1.05. The first-order valence-corrected chi connectivity index (χ1v) is 12.9. The van der Waals surface area contributed by atoms with Crippen LogP contribution in [0.3, 0.4) is 0 Å². The molecule has 2 aliphatic heterocycles. The number of Topliss-reactive ketones (excluding diaryl/α,β-unsaturated/α-hetero) is 1. The van der Waals surface area contributed by atoms with E-state index in [2.05, 4.69) is 5.10 Å². The number of hydrogen-bond donors (Lipinski definition) is 1. The summed E-state index contributed by atoms with van der Waals surface area (Å²) < 4.78 is 15.8. The van der Waals surface area contributed by atoms with E-state index in [0.29, 0.717) is 51.4 Å². The molecule has 2 aliphatic rings. The van der Waals surface area contributed by atoms with Crippen molar-refractivity contribution >= 4 is 34.8 Å². The number of fused-ring (bicyclic) bond motifs is 4. The van der Waals surface area contributed by atoms with E-state index < -0.39 is 29.5 Å². The Kier molecular flexibility index (Phi) is 5.76. The van der Waals surface area contributed by atoms with Crippen LogP contribution < -0.4 is 5.73 Å². The third-order valence-electron chi connectivity index (χ3n) is 6.99. The van der Waals surface area contributed by atoms with Crippen LogP contribution in [0.2, 0.25) is 0 Å². The van der Waals surface area contributed by atoms with Gasteiger partial charge in [0.15, 0.2) is 5.78 Å². The number of halogens is 1. The van der Waals surface area contributed by atoms with Crippen molar-refractivity contribution in [1.29, 1.82) is 0 Å². The Hall–Kier alpha value is -4.44. The summed E-state index contributed by atoms with van der Waals surface area (Å²) in [5.41, 5.74) is 8.75. The Labute approximate surface area is 220 Å². The zero-order valence-electron chi connectivity index (χ0n) is 20.0. The number of carbonyl (C=O) groups is 4. The summed E-state index contributed by atoms with van der Waals surface area (Å²) in [7, 11) is 0. The lowest BCUT2D eigenvalue weighted by atomic mass is 9.89. The molecule has 2 N–H and O–H groups in total. The number of thiophene rings is 1. The molecule has 0 spiro atoms. The van der Waals surface area contributed by atoms with Gasteiger partial charge in [0.05, 0.1) is 32.8 Å². The van der Waals surface area contributed by atoms with Gasteiger partial charge in [-0.25, -0.2) is 4.39 Å². The van der Waals surface area contributed by atoms with Crippen molar-refractivity contribution < 1.29 is 23.6 Å². The van der Waals surface area contributed by atoms with Crippen LogP contribution in [0.4, 0.5) is 4.39 Å². The second-order valence-corrected chi connectivity index (χ2v) is 10.4. The first-order chi connectivity index (χ1) is 18.3. The number of ketones is 1. The van der Waals surface area contributed by atoms with Crippen molar-refractivity contribution in [2.24, 2.45) is 5.73 Å². The molecule has 0 aliphatic carbocycles. The van der Waals surface area contributed by atoms with Crippen molar-refractivity contribution in [1.82, 2.24) is 14.7 Å². The molecule has 0 unspecified atom stereocenters. The Morgan fingerprint density at radius 3 is 2.45 bits per heavy atom. The van der Waals surface area contributed by atoms with Crippen molar-refractivity contribution in [2.75, 3.05) is 6.54 Å². The average Bonchev–Trinajstić information content (AvgIpc) is 3.56. The number of nitrogens with zero attached hydrogens (tertiary/aromatic N) is 3. The molecule has 4 aromatic rings. The van der Waals surface area contributed by atoms with E-state index in [1.54, 1.807) is 53.3 Å². The van der Waals surface area contributed by atoms with Crippen molar-refractivity contribution in [2.45, 2.75) is 25.3 Å².